The molecule has 16 heavy (non-hydrogen) atoms. The van der Waals surface area contributed by atoms with E-state index in [-0.39, 0.29) is 10.8 Å². The molecule has 84 valence electrons. The molecule has 0 spiro atoms. The molecular formula is C11H11ClN2O2. The molecule has 0 aromatic carbocycles. The van der Waals surface area contributed by atoms with Crippen molar-refractivity contribution >= 4 is 23.2 Å². The molecular weight excluding hydrogens is 228 g/mol. The number of hydrogen-bond acceptors (Lipinski definition) is 3. The van der Waals surface area contributed by atoms with Crippen LogP contribution >= 0.6 is 11.6 Å². The average Bonchev–Trinajstić information content (AvgIpc) is 2.53. The molecule has 0 aliphatic heterocycles. The Balaban J connectivity index is 2.60. The molecule has 0 atom stereocenters. The highest BCUT2D eigenvalue weighted by atomic mass is 35.5. The van der Waals surface area contributed by atoms with E-state index < -0.39 is 5.97 Å². The van der Waals surface area contributed by atoms with Gasteiger partial charge in [-0.05, 0) is 31.5 Å². The van der Waals surface area contributed by atoms with Crippen LogP contribution in [0.5, 0.6) is 0 Å². The lowest BCUT2D eigenvalue weighted by Crippen LogP contribution is -2.08. The second-order valence-corrected chi connectivity index (χ2v) is 3.76. The fourth-order valence-electron chi connectivity index (χ4n) is 1.50. The number of hydrogen-bond donors (Lipinski definition) is 0. The summed E-state index contributed by atoms with van der Waals surface area (Å²) in [5.41, 5.74) is 1.98. The van der Waals surface area contributed by atoms with Gasteiger partial charge in [0.2, 0.25) is 0 Å². The lowest BCUT2D eigenvalue weighted by Gasteiger charge is -2.02. The summed E-state index contributed by atoms with van der Waals surface area (Å²) in [4.78, 5) is 15.8. The molecule has 0 saturated heterocycles. The number of esters is 1. The highest BCUT2D eigenvalue weighted by Gasteiger charge is 2.18. The highest BCUT2D eigenvalue weighted by molar-refractivity contribution is 6.32. The highest BCUT2D eigenvalue weighted by Crippen LogP contribution is 2.19. The smallest absolute Gasteiger partial charge is 0.358 e. The van der Waals surface area contributed by atoms with E-state index in [1.54, 1.807) is 17.5 Å². The molecule has 2 aromatic rings. The zero-order valence-electron chi connectivity index (χ0n) is 9.03. The van der Waals surface area contributed by atoms with Crippen molar-refractivity contribution in [2.45, 2.75) is 13.8 Å². The van der Waals surface area contributed by atoms with Crippen LogP contribution in [0.4, 0.5) is 0 Å². The Labute approximate surface area is 97.8 Å². The summed E-state index contributed by atoms with van der Waals surface area (Å²) < 4.78 is 6.55. The zero-order valence-corrected chi connectivity index (χ0v) is 9.78. The van der Waals surface area contributed by atoms with Crippen LogP contribution in [0.3, 0.4) is 0 Å². The van der Waals surface area contributed by atoms with Crippen molar-refractivity contribution < 1.29 is 9.53 Å². The molecule has 0 amide bonds. The van der Waals surface area contributed by atoms with Gasteiger partial charge >= 0.3 is 5.97 Å². The Morgan fingerprint density at radius 2 is 2.38 bits per heavy atom. The molecule has 0 aliphatic rings. The first kappa shape index (κ1) is 11.0. The molecule has 0 radical (unpaired) electrons. The van der Waals surface area contributed by atoms with Gasteiger partial charge in [0.25, 0.3) is 0 Å². The van der Waals surface area contributed by atoms with Gasteiger partial charge in [0.1, 0.15) is 5.65 Å². The summed E-state index contributed by atoms with van der Waals surface area (Å²) in [6.45, 7) is 4.01. The maximum atomic E-state index is 11.7. The van der Waals surface area contributed by atoms with Crippen molar-refractivity contribution in [2.75, 3.05) is 6.61 Å². The van der Waals surface area contributed by atoms with Gasteiger partial charge in [-0.2, -0.15) is 0 Å². The SMILES string of the molecule is CCOC(=O)c1c(Cl)nc2cc(C)ccn12. The summed E-state index contributed by atoms with van der Waals surface area (Å²) in [5, 5.41) is 0.170. The van der Waals surface area contributed by atoms with Crippen LogP contribution in [0.25, 0.3) is 5.65 Å². The Morgan fingerprint density at radius 1 is 1.62 bits per heavy atom. The van der Waals surface area contributed by atoms with E-state index in [0.717, 1.165) is 5.56 Å². The van der Waals surface area contributed by atoms with Crippen LogP contribution in [-0.2, 0) is 4.74 Å². The van der Waals surface area contributed by atoms with Gasteiger partial charge in [-0.15, -0.1) is 0 Å². The average molecular weight is 239 g/mol. The summed E-state index contributed by atoms with van der Waals surface area (Å²) in [6.07, 6.45) is 1.76. The second-order valence-electron chi connectivity index (χ2n) is 3.40. The van der Waals surface area contributed by atoms with Crippen LogP contribution in [0, 0.1) is 6.92 Å². The van der Waals surface area contributed by atoms with Gasteiger partial charge in [0, 0.05) is 6.20 Å². The number of aryl methyl sites for hydroxylation is 1. The van der Waals surface area contributed by atoms with Crippen LogP contribution in [0.1, 0.15) is 23.0 Å². The predicted octanol–water partition coefficient (Wildman–Crippen LogP) is 2.47. The number of aromatic nitrogens is 2. The maximum absolute atomic E-state index is 11.7. The topological polar surface area (TPSA) is 43.6 Å². The van der Waals surface area contributed by atoms with Gasteiger partial charge in [-0.1, -0.05) is 11.6 Å². The zero-order chi connectivity index (χ0) is 11.7. The van der Waals surface area contributed by atoms with Crippen LogP contribution in [-0.4, -0.2) is 22.0 Å². The van der Waals surface area contributed by atoms with E-state index in [9.17, 15) is 4.79 Å². The Morgan fingerprint density at radius 3 is 3.06 bits per heavy atom. The van der Waals surface area contributed by atoms with E-state index in [4.69, 9.17) is 16.3 Å². The summed E-state index contributed by atoms with van der Waals surface area (Å²) in [5.74, 6) is -0.455. The largest absolute Gasteiger partial charge is 0.461 e. The van der Waals surface area contributed by atoms with Crippen molar-refractivity contribution in [3.05, 3.63) is 34.7 Å². The third-order valence-electron chi connectivity index (χ3n) is 2.21. The van der Waals surface area contributed by atoms with Gasteiger partial charge in [0.05, 0.1) is 6.61 Å². The number of fused-ring (bicyclic) bond motifs is 1. The van der Waals surface area contributed by atoms with Crippen LogP contribution in [0.2, 0.25) is 5.15 Å². The fraction of sp³-hybridized carbons (Fsp3) is 0.273. The van der Waals surface area contributed by atoms with Gasteiger partial charge in [-0.3, -0.25) is 4.40 Å². The van der Waals surface area contributed by atoms with E-state index >= 15 is 0 Å². The quantitative estimate of drug-likeness (QED) is 0.755. The Hall–Kier alpha value is -1.55. The molecule has 0 fully saturated rings. The molecule has 0 N–H and O–H groups in total. The van der Waals surface area contributed by atoms with Crippen molar-refractivity contribution in [3.8, 4) is 0 Å². The minimum atomic E-state index is -0.455. The summed E-state index contributed by atoms with van der Waals surface area (Å²) >= 11 is 5.92. The molecule has 0 saturated carbocycles. The van der Waals surface area contributed by atoms with Gasteiger partial charge < -0.3 is 4.74 Å². The van der Waals surface area contributed by atoms with Crippen LogP contribution < -0.4 is 0 Å². The second kappa shape index (κ2) is 4.14. The van der Waals surface area contributed by atoms with Crippen molar-refractivity contribution in [1.82, 2.24) is 9.38 Å². The van der Waals surface area contributed by atoms with Gasteiger partial charge in [0.15, 0.2) is 10.8 Å². The number of ether oxygens (including phenoxy) is 1. The molecule has 4 nitrogen and oxygen atoms in total. The number of carbonyl (C=O) groups is 1. The number of rotatable bonds is 2. The first-order chi connectivity index (χ1) is 7.63. The third kappa shape index (κ3) is 1.76. The molecule has 2 rings (SSSR count). The number of carbonyl (C=O) groups excluding carboxylic acids is 1. The van der Waals surface area contributed by atoms with E-state index in [1.165, 1.54) is 0 Å². The first-order valence-corrected chi connectivity index (χ1v) is 5.32. The third-order valence-corrected chi connectivity index (χ3v) is 2.47. The predicted molar refractivity (Wildman–Crippen MR) is 60.9 cm³/mol. The number of pyridine rings is 1. The monoisotopic (exact) mass is 238 g/mol. The summed E-state index contributed by atoms with van der Waals surface area (Å²) in [6, 6.07) is 3.74. The lowest BCUT2D eigenvalue weighted by atomic mass is 10.3. The van der Waals surface area contributed by atoms with E-state index in [1.807, 2.05) is 19.1 Å². The van der Waals surface area contributed by atoms with Crippen LogP contribution in [0.15, 0.2) is 18.3 Å². The summed E-state index contributed by atoms with van der Waals surface area (Å²) in [7, 11) is 0. The standard InChI is InChI=1S/C11H11ClN2O2/c1-3-16-11(15)9-10(12)13-8-6-7(2)4-5-14(8)9/h4-6H,3H2,1-2H3. The molecule has 5 heteroatoms. The normalized spacial score (nSPS) is 10.7. The first-order valence-electron chi connectivity index (χ1n) is 4.94. The fourth-order valence-corrected chi connectivity index (χ4v) is 1.75. The minimum Gasteiger partial charge on any atom is -0.461 e. The molecule has 0 aliphatic carbocycles. The van der Waals surface area contributed by atoms with E-state index in [0.29, 0.717) is 12.3 Å². The minimum absolute atomic E-state index is 0.170. The molecule has 0 unspecified atom stereocenters. The number of halogens is 1. The van der Waals surface area contributed by atoms with Gasteiger partial charge in [-0.25, -0.2) is 9.78 Å². The molecule has 2 heterocycles. The van der Waals surface area contributed by atoms with E-state index in [2.05, 4.69) is 4.98 Å². The Kier molecular flexibility index (Phi) is 2.83. The van der Waals surface area contributed by atoms with Crippen molar-refractivity contribution in [1.29, 1.82) is 0 Å². The Bertz CT molecular complexity index is 548. The molecule has 0 bridgehead atoms. The lowest BCUT2D eigenvalue weighted by molar-refractivity contribution is 0.0518. The molecule has 2 aromatic heterocycles. The maximum Gasteiger partial charge on any atom is 0.358 e. The van der Waals surface area contributed by atoms with Crippen molar-refractivity contribution in [2.24, 2.45) is 0 Å². The van der Waals surface area contributed by atoms with Crippen molar-refractivity contribution in [3.63, 3.8) is 0 Å². The number of imidazole rings is 1. The number of nitrogens with zero attached hydrogens (tertiary/aromatic N) is 2.